The molecule has 0 fully saturated rings. The number of ether oxygens (including phenoxy) is 2. The summed E-state index contributed by atoms with van der Waals surface area (Å²) in [4.78, 5) is 29.5. The minimum Gasteiger partial charge on any atom is -0.486 e. The number of esters is 1. The summed E-state index contributed by atoms with van der Waals surface area (Å²) in [5, 5.41) is 2.87. The molecule has 29 heavy (non-hydrogen) atoms. The summed E-state index contributed by atoms with van der Waals surface area (Å²) >= 11 is 1.54. The Morgan fingerprint density at radius 2 is 1.90 bits per heavy atom. The van der Waals surface area contributed by atoms with Crippen LogP contribution in [0.15, 0.2) is 35.7 Å². The normalized spacial score (nSPS) is 10.8. The standard InChI is InChI=1S/C22H24N2O4S/c1-5-24-14(2)10-19(15(24)3)20(25)12-28-22(26)18-8-6-7-9-21(18)27-11-17-13-29-16(4)23-17/h6-10,13H,5,11-12H2,1-4H3. The van der Waals surface area contributed by atoms with Gasteiger partial charge < -0.3 is 14.0 Å². The van der Waals surface area contributed by atoms with Gasteiger partial charge in [-0.05, 0) is 45.9 Å². The second kappa shape index (κ2) is 9.05. The van der Waals surface area contributed by atoms with E-state index in [2.05, 4.69) is 9.55 Å². The zero-order valence-corrected chi connectivity index (χ0v) is 17.8. The molecule has 0 amide bonds. The van der Waals surface area contributed by atoms with Crippen LogP contribution < -0.4 is 4.74 Å². The zero-order chi connectivity index (χ0) is 21.0. The first-order chi connectivity index (χ1) is 13.9. The van der Waals surface area contributed by atoms with Crippen molar-refractivity contribution in [2.45, 2.75) is 40.8 Å². The number of carbonyl (C=O) groups excluding carboxylic acids is 2. The molecule has 7 heteroatoms. The molecule has 0 saturated carbocycles. The maximum Gasteiger partial charge on any atom is 0.342 e. The molecule has 3 aromatic rings. The summed E-state index contributed by atoms with van der Waals surface area (Å²) in [5.41, 5.74) is 3.56. The molecular formula is C22H24N2O4S. The van der Waals surface area contributed by atoms with Crippen molar-refractivity contribution in [3.63, 3.8) is 0 Å². The van der Waals surface area contributed by atoms with E-state index < -0.39 is 5.97 Å². The Bertz CT molecular complexity index is 1040. The number of aromatic nitrogens is 2. The number of carbonyl (C=O) groups is 2. The SMILES string of the molecule is CCn1c(C)cc(C(=O)COC(=O)c2ccccc2OCc2csc(C)n2)c1C. The van der Waals surface area contributed by atoms with Crippen LogP contribution >= 0.6 is 11.3 Å². The predicted octanol–water partition coefficient (Wildman–Crippen LogP) is 4.51. The summed E-state index contributed by atoms with van der Waals surface area (Å²) in [5.74, 6) is -0.407. The number of para-hydroxylation sites is 1. The van der Waals surface area contributed by atoms with Gasteiger partial charge in [0.05, 0.1) is 10.7 Å². The second-order valence-corrected chi connectivity index (χ2v) is 7.73. The highest BCUT2D eigenvalue weighted by molar-refractivity contribution is 7.09. The molecule has 0 bridgehead atoms. The molecule has 0 radical (unpaired) electrons. The van der Waals surface area contributed by atoms with Gasteiger partial charge in [0, 0.05) is 28.9 Å². The quantitative estimate of drug-likeness (QED) is 0.402. The van der Waals surface area contributed by atoms with Crippen LogP contribution in [-0.4, -0.2) is 27.9 Å². The number of rotatable bonds is 8. The third-order valence-electron chi connectivity index (χ3n) is 4.67. The number of aryl methyl sites for hydroxylation is 2. The van der Waals surface area contributed by atoms with E-state index >= 15 is 0 Å². The third-order valence-corrected chi connectivity index (χ3v) is 5.50. The largest absolute Gasteiger partial charge is 0.486 e. The van der Waals surface area contributed by atoms with Crippen molar-refractivity contribution < 1.29 is 19.1 Å². The van der Waals surface area contributed by atoms with Gasteiger partial charge in [-0.2, -0.15) is 0 Å². The lowest BCUT2D eigenvalue weighted by Gasteiger charge is -2.10. The lowest BCUT2D eigenvalue weighted by atomic mass is 10.1. The van der Waals surface area contributed by atoms with Crippen molar-refractivity contribution in [1.82, 2.24) is 9.55 Å². The van der Waals surface area contributed by atoms with Crippen molar-refractivity contribution in [3.05, 3.63) is 68.9 Å². The van der Waals surface area contributed by atoms with Gasteiger partial charge in [-0.1, -0.05) is 12.1 Å². The predicted molar refractivity (Wildman–Crippen MR) is 112 cm³/mol. The van der Waals surface area contributed by atoms with E-state index in [4.69, 9.17) is 9.47 Å². The fourth-order valence-corrected chi connectivity index (χ4v) is 3.84. The monoisotopic (exact) mass is 412 g/mol. The van der Waals surface area contributed by atoms with Gasteiger partial charge in [-0.25, -0.2) is 9.78 Å². The van der Waals surface area contributed by atoms with Gasteiger partial charge >= 0.3 is 5.97 Å². The Hall–Kier alpha value is -2.93. The Morgan fingerprint density at radius 1 is 1.14 bits per heavy atom. The molecule has 3 rings (SSSR count). The fraction of sp³-hybridized carbons (Fsp3) is 0.318. The molecule has 2 aromatic heterocycles. The number of ketones is 1. The first-order valence-corrected chi connectivity index (χ1v) is 10.3. The maximum atomic E-state index is 12.6. The molecule has 0 aliphatic heterocycles. The van der Waals surface area contributed by atoms with E-state index in [-0.39, 0.29) is 24.6 Å². The topological polar surface area (TPSA) is 70.4 Å². The van der Waals surface area contributed by atoms with Crippen molar-refractivity contribution in [2.24, 2.45) is 0 Å². The average molecular weight is 413 g/mol. The molecule has 0 atom stereocenters. The summed E-state index contributed by atoms with van der Waals surface area (Å²) in [6.45, 7) is 8.54. The summed E-state index contributed by atoms with van der Waals surface area (Å²) in [6.07, 6.45) is 0. The Kier molecular flexibility index (Phi) is 6.49. The van der Waals surface area contributed by atoms with Gasteiger partial charge in [-0.3, -0.25) is 4.79 Å². The molecule has 0 spiro atoms. The highest BCUT2D eigenvalue weighted by atomic mass is 32.1. The minimum absolute atomic E-state index is 0.220. The Labute approximate surface area is 174 Å². The first-order valence-electron chi connectivity index (χ1n) is 9.40. The van der Waals surface area contributed by atoms with Crippen LogP contribution in [0.5, 0.6) is 5.75 Å². The van der Waals surface area contributed by atoms with Gasteiger partial charge in [0.2, 0.25) is 5.78 Å². The molecule has 0 N–H and O–H groups in total. The molecule has 0 aliphatic carbocycles. The molecule has 0 aliphatic rings. The van der Waals surface area contributed by atoms with E-state index in [1.165, 1.54) is 0 Å². The summed E-state index contributed by atoms with van der Waals surface area (Å²) in [7, 11) is 0. The Balaban J connectivity index is 1.66. The highest BCUT2D eigenvalue weighted by Crippen LogP contribution is 2.21. The fourth-order valence-electron chi connectivity index (χ4n) is 3.24. The van der Waals surface area contributed by atoms with Gasteiger partial charge in [-0.15, -0.1) is 11.3 Å². The molecule has 1 aromatic carbocycles. The maximum absolute atomic E-state index is 12.6. The third kappa shape index (κ3) is 4.74. The van der Waals surface area contributed by atoms with Crippen molar-refractivity contribution in [2.75, 3.05) is 6.61 Å². The smallest absolute Gasteiger partial charge is 0.342 e. The van der Waals surface area contributed by atoms with E-state index in [1.807, 2.05) is 39.1 Å². The van der Waals surface area contributed by atoms with Gasteiger partial charge in [0.1, 0.15) is 17.9 Å². The van der Waals surface area contributed by atoms with E-state index in [9.17, 15) is 9.59 Å². The summed E-state index contributed by atoms with van der Waals surface area (Å²) < 4.78 is 13.1. The summed E-state index contributed by atoms with van der Waals surface area (Å²) in [6, 6.07) is 8.67. The number of thiazole rings is 1. The minimum atomic E-state index is -0.590. The van der Waals surface area contributed by atoms with Crippen LogP contribution in [0.3, 0.4) is 0 Å². The number of Topliss-reactive ketones (excluding diaryl/α,β-unsaturated/α-hetero) is 1. The van der Waals surface area contributed by atoms with Crippen LogP contribution in [0.2, 0.25) is 0 Å². The molecule has 152 valence electrons. The van der Waals surface area contributed by atoms with E-state index in [0.29, 0.717) is 11.3 Å². The number of benzene rings is 1. The molecule has 0 unspecified atom stereocenters. The highest BCUT2D eigenvalue weighted by Gasteiger charge is 2.19. The lowest BCUT2D eigenvalue weighted by molar-refractivity contribution is 0.0470. The van der Waals surface area contributed by atoms with Crippen LogP contribution in [-0.2, 0) is 17.9 Å². The van der Waals surface area contributed by atoms with Crippen LogP contribution in [0.25, 0.3) is 0 Å². The first kappa shape index (κ1) is 20.8. The molecule has 2 heterocycles. The van der Waals surface area contributed by atoms with Crippen LogP contribution in [0, 0.1) is 20.8 Å². The zero-order valence-electron chi connectivity index (χ0n) is 17.0. The van der Waals surface area contributed by atoms with Crippen LogP contribution in [0.1, 0.15) is 49.7 Å². The average Bonchev–Trinajstić information content (AvgIpc) is 3.26. The molecule has 0 saturated heterocycles. The van der Waals surface area contributed by atoms with Gasteiger partial charge in [0.25, 0.3) is 0 Å². The van der Waals surface area contributed by atoms with E-state index in [1.54, 1.807) is 35.6 Å². The molecular weight excluding hydrogens is 388 g/mol. The lowest BCUT2D eigenvalue weighted by Crippen LogP contribution is -2.16. The van der Waals surface area contributed by atoms with E-state index in [0.717, 1.165) is 28.6 Å². The van der Waals surface area contributed by atoms with Crippen molar-refractivity contribution in [1.29, 1.82) is 0 Å². The van der Waals surface area contributed by atoms with Crippen molar-refractivity contribution in [3.8, 4) is 5.75 Å². The van der Waals surface area contributed by atoms with Crippen molar-refractivity contribution >= 4 is 23.1 Å². The molecule has 6 nitrogen and oxygen atoms in total. The van der Waals surface area contributed by atoms with Gasteiger partial charge in [0.15, 0.2) is 6.61 Å². The number of nitrogens with zero attached hydrogens (tertiary/aromatic N) is 2. The number of hydrogen-bond donors (Lipinski definition) is 0. The second-order valence-electron chi connectivity index (χ2n) is 6.67. The van der Waals surface area contributed by atoms with Crippen LogP contribution in [0.4, 0.5) is 0 Å². The number of hydrogen-bond acceptors (Lipinski definition) is 6. The Morgan fingerprint density at radius 3 is 2.55 bits per heavy atom.